The van der Waals surface area contributed by atoms with E-state index in [2.05, 4.69) is 6.92 Å². The van der Waals surface area contributed by atoms with Crippen LogP contribution in [0.5, 0.6) is 17.2 Å². The van der Waals surface area contributed by atoms with Crippen LogP contribution < -0.4 is 14.2 Å². The molecule has 0 radical (unpaired) electrons. The molecule has 0 spiro atoms. The number of halogens is 1. The molecule has 1 atom stereocenters. The Labute approximate surface area is 130 Å². The summed E-state index contributed by atoms with van der Waals surface area (Å²) in [5.74, 6) is 1.64. The first-order valence-electron chi connectivity index (χ1n) is 7.08. The van der Waals surface area contributed by atoms with Gasteiger partial charge in [0.2, 0.25) is 5.75 Å². The van der Waals surface area contributed by atoms with Gasteiger partial charge in [-0.05, 0) is 36.2 Å². The lowest BCUT2D eigenvalue weighted by Gasteiger charge is -2.22. The second-order valence-corrected chi connectivity index (χ2v) is 5.15. The maximum Gasteiger partial charge on any atom is 0.203 e. The molecule has 3 nitrogen and oxygen atoms in total. The maximum absolute atomic E-state index is 13.1. The lowest BCUT2D eigenvalue weighted by atomic mass is 9.88. The van der Waals surface area contributed by atoms with Gasteiger partial charge >= 0.3 is 0 Å². The number of rotatable bonds is 5. The van der Waals surface area contributed by atoms with Crippen molar-refractivity contribution in [3.8, 4) is 17.2 Å². The summed E-state index contributed by atoms with van der Waals surface area (Å²) in [7, 11) is 4.79. The number of hydrogen-bond donors (Lipinski definition) is 0. The molecule has 2 rings (SSSR count). The predicted molar refractivity (Wildman–Crippen MR) is 84.8 cm³/mol. The summed E-state index contributed by atoms with van der Waals surface area (Å²) < 4.78 is 29.5. The molecule has 0 fully saturated rings. The Morgan fingerprint density at radius 2 is 1.50 bits per heavy atom. The Hall–Kier alpha value is -2.23. The number of methoxy groups -OCH3 is 3. The van der Waals surface area contributed by atoms with Crippen molar-refractivity contribution >= 4 is 0 Å². The van der Waals surface area contributed by atoms with Crippen LogP contribution in [-0.4, -0.2) is 21.3 Å². The Morgan fingerprint density at radius 1 is 0.909 bits per heavy atom. The van der Waals surface area contributed by atoms with E-state index < -0.39 is 0 Å². The Bertz CT molecular complexity index is 650. The zero-order chi connectivity index (χ0) is 16.3. The van der Waals surface area contributed by atoms with Gasteiger partial charge in [-0.25, -0.2) is 4.39 Å². The molecular weight excluding hydrogens is 283 g/mol. The van der Waals surface area contributed by atoms with Gasteiger partial charge in [0.1, 0.15) is 5.82 Å². The fourth-order valence-corrected chi connectivity index (χ4v) is 2.76. The summed E-state index contributed by atoms with van der Waals surface area (Å²) in [5.41, 5.74) is 3.05. The molecule has 0 aliphatic heterocycles. The summed E-state index contributed by atoms with van der Waals surface area (Å²) in [6.07, 6.45) is 0. The van der Waals surface area contributed by atoms with Gasteiger partial charge in [0.05, 0.1) is 21.3 Å². The molecule has 0 N–H and O–H groups in total. The molecule has 0 aliphatic rings. The molecule has 2 aromatic rings. The number of hydrogen-bond acceptors (Lipinski definition) is 3. The van der Waals surface area contributed by atoms with Crippen LogP contribution >= 0.6 is 0 Å². The molecule has 118 valence electrons. The van der Waals surface area contributed by atoms with Crippen molar-refractivity contribution in [2.24, 2.45) is 0 Å². The quantitative estimate of drug-likeness (QED) is 0.823. The monoisotopic (exact) mass is 304 g/mol. The second-order valence-electron chi connectivity index (χ2n) is 5.15. The van der Waals surface area contributed by atoms with Crippen molar-refractivity contribution in [3.63, 3.8) is 0 Å². The highest BCUT2D eigenvalue weighted by Gasteiger charge is 2.23. The lowest BCUT2D eigenvalue weighted by molar-refractivity contribution is 0.321. The zero-order valence-electron chi connectivity index (χ0n) is 13.6. The smallest absolute Gasteiger partial charge is 0.203 e. The molecule has 4 heteroatoms. The first-order valence-corrected chi connectivity index (χ1v) is 7.08. The van der Waals surface area contributed by atoms with Crippen LogP contribution in [0.4, 0.5) is 4.39 Å². The van der Waals surface area contributed by atoms with Crippen LogP contribution in [0, 0.1) is 12.7 Å². The predicted octanol–water partition coefficient (Wildman–Crippen LogP) is 4.31. The third-order valence-corrected chi connectivity index (χ3v) is 3.88. The minimum Gasteiger partial charge on any atom is -0.493 e. The Morgan fingerprint density at radius 3 is 2.00 bits per heavy atom. The molecule has 1 unspecified atom stereocenters. The zero-order valence-corrected chi connectivity index (χ0v) is 13.6. The number of ether oxygens (including phenoxy) is 3. The highest BCUT2D eigenvalue weighted by molar-refractivity contribution is 5.61. The normalized spacial score (nSPS) is 11.9. The molecule has 0 heterocycles. The summed E-state index contributed by atoms with van der Waals surface area (Å²) in [5, 5.41) is 0. The van der Waals surface area contributed by atoms with Crippen LogP contribution in [0.3, 0.4) is 0 Å². The highest BCUT2D eigenvalue weighted by Crippen LogP contribution is 2.46. The van der Waals surface area contributed by atoms with E-state index >= 15 is 0 Å². The van der Waals surface area contributed by atoms with E-state index in [9.17, 15) is 4.39 Å². The molecule has 0 aromatic heterocycles. The van der Waals surface area contributed by atoms with Gasteiger partial charge in [0.25, 0.3) is 0 Å². The average molecular weight is 304 g/mol. The maximum atomic E-state index is 13.1. The van der Waals surface area contributed by atoms with E-state index in [1.165, 1.54) is 12.1 Å². The SMILES string of the molecule is COc1cc(C)c(C(C)c2ccc(F)cc2)c(OC)c1OC. The molecule has 2 aromatic carbocycles. The van der Waals surface area contributed by atoms with E-state index in [0.29, 0.717) is 17.2 Å². The summed E-state index contributed by atoms with van der Waals surface area (Å²) in [4.78, 5) is 0. The van der Waals surface area contributed by atoms with E-state index in [1.54, 1.807) is 33.5 Å². The van der Waals surface area contributed by atoms with Gasteiger partial charge in [0, 0.05) is 11.5 Å². The molecule has 0 saturated heterocycles. The van der Waals surface area contributed by atoms with Gasteiger partial charge in [0.15, 0.2) is 11.5 Å². The summed E-state index contributed by atoms with van der Waals surface area (Å²) in [6, 6.07) is 8.44. The van der Waals surface area contributed by atoms with Crippen molar-refractivity contribution in [3.05, 3.63) is 52.8 Å². The van der Waals surface area contributed by atoms with Crippen molar-refractivity contribution in [2.75, 3.05) is 21.3 Å². The van der Waals surface area contributed by atoms with Gasteiger partial charge in [-0.2, -0.15) is 0 Å². The van der Waals surface area contributed by atoms with Gasteiger partial charge in [-0.3, -0.25) is 0 Å². The van der Waals surface area contributed by atoms with Gasteiger partial charge in [-0.15, -0.1) is 0 Å². The molecule has 0 amide bonds. The minimum atomic E-state index is -0.244. The average Bonchev–Trinajstić information content (AvgIpc) is 2.53. The second kappa shape index (κ2) is 6.69. The molecule has 0 saturated carbocycles. The molecule has 0 bridgehead atoms. The number of aryl methyl sites for hydroxylation is 1. The van der Waals surface area contributed by atoms with Gasteiger partial charge < -0.3 is 14.2 Å². The minimum absolute atomic E-state index is 0.0374. The van der Waals surface area contributed by atoms with E-state index in [1.807, 2.05) is 13.0 Å². The molecule has 22 heavy (non-hydrogen) atoms. The first kappa shape index (κ1) is 16.1. The van der Waals surface area contributed by atoms with Crippen molar-refractivity contribution in [2.45, 2.75) is 19.8 Å². The van der Waals surface area contributed by atoms with Crippen LogP contribution in [0.15, 0.2) is 30.3 Å². The highest BCUT2D eigenvalue weighted by atomic mass is 19.1. The third kappa shape index (κ3) is 2.86. The Kier molecular flexibility index (Phi) is 4.91. The van der Waals surface area contributed by atoms with Crippen LogP contribution in [-0.2, 0) is 0 Å². The topological polar surface area (TPSA) is 27.7 Å². The molecule has 0 aliphatic carbocycles. The Balaban J connectivity index is 2.60. The lowest BCUT2D eigenvalue weighted by Crippen LogP contribution is -2.05. The molecular formula is C18H21FO3. The van der Waals surface area contributed by atoms with Crippen molar-refractivity contribution < 1.29 is 18.6 Å². The van der Waals surface area contributed by atoms with Crippen LogP contribution in [0.2, 0.25) is 0 Å². The largest absolute Gasteiger partial charge is 0.493 e. The number of benzene rings is 2. The fourth-order valence-electron chi connectivity index (χ4n) is 2.76. The van der Waals surface area contributed by atoms with E-state index in [4.69, 9.17) is 14.2 Å². The first-order chi connectivity index (χ1) is 10.5. The van der Waals surface area contributed by atoms with Crippen molar-refractivity contribution in [1.82, 2.24) is 0 Å². The van der Waals surface area contributed by atoms with E-state index in [-0.39, 0.29) is 11.7 Å². The third-order valence-electron chi connectivity index (χ3n) is 3.88. The fraction of sp³-hybridized carbons (Fsp3) is 0.333. The van der Waals surface area contributed by atoms with Crippen LogP contribution in [0.25, 0.3) is 0 Å². The summed E-state index contributed by atoms with van der Waals surface area (Å²) >= 11 is 0. The standard InChI is InChI=1S/C18H21FO3/c1-11-10-15(20-3)17(21-4)18(22-5)16(11)12(2)13-6-8-14(19)9-7-13/h6-10,12H,1-5H3. The van der Waals surface area contributed by atoms with Crippen molar-refractivity contribution in [1.29, 1.82) is 0 Å². The summed E-state index contributed by atoms with van der Waals surface area (Å²) in [6.45, 7) is 4.06. The van der Waals surface area contributed by atoms with Crippen LogP contribution in [0.1, 0.15) is 29.5 Å². The van der Waals surface area contributed by atoms with E-state index in [0.717, 1.165) is 16.7 Å². The van der Waals surface area contributed by atoms with Gasteiger partial charge in [-0.1, -0.05) is 19.1 Å².